The Morgan fingerprint density at radius 1 is 1.03 bits per heavy atom. The second kappa shape index (κ2) is 9.79. The molecule has 1 aliphatic heterocycles. The molecular formula is C24H33N3O2. The van der Waals surface area contributed by atoms with Crippen molar-refractivity contribution in [2.24, 2.45) is 0 Å². The van der Waals surface area contributed by atoms with Crippen LogP contribution in [0.4, 0.5) is 11.4 Å². The standard InChI is InChI=1S/C24H33N3O2/c1-5-27(19(2)3)23-12-8-21(9-13-23)24(28)25(4)18-20-6-10-22(11-7-20)26-14-16-29-17-15-26/h6-13,19H,5,14-18H2,1-4H3. The number of hydrogen-bond acceptors (Lipinski definition) is 4. The van der Waals surface area contributed by atoms with Gasteiger partial charge in [0.05, 0.1) is 13.2 Å². The van der Waals surface area contributed by atoms with Crippen LogP contribution < -0.4 is 9.80 Å². The third kappa shape index (κ3) is 5.30. The molecule has 5 nitrogen and oxygen atoms in total. The van der Waals surface area contributed by atoms with Crippen LogP contribution in [0.25, 0.3) is 0 Å². The number of benzene rings is 2. The molecule has 1 heterocycles. The van der Waals surface area contributed by atoms with E-state index < -0.39 is 0 Å². The first-order valence-electron chi connectivity index (χ1n) is 10.5. The van der Waals surface area contributed by atoms with Gasteiger partial charge in [0.2, 0.25) is 0 Å². The molecule has 2 aromatic rings. The fraction of sp³-hybridized carbons (Fsp3) is 0.458. The number of morpholine rings is 1. The number of anilines is 2. The lowest BCUT2D eigenvalue weighted by Crippen LogP contribution is -2.36. The predicted octanol–water partition coefficient (Wildman–Crippen LogP) is 4.03. The largest absolute Gasteiger partial charge is 0.378 e. The number of amides is 1. The van der Waals surface area contributed by atoms with Gasteiger partial charge >= 0.3 is 0 Å². The molecule has 1 aliphatic rings. The van der Waals surface area contributed by atoms with E-state index >= 15 is 0 Å². The Balaban J connectivity index is 1.61. The third-order valence-corrected chi connectivity index (χ3v) is 5.49. The van der Waals surface area contributed by atoms with Crippen LogP contribution in [0.2, 0.25) is 0 Å². The molecule has 0 atom stereocenters. The van der Waals surface area contributed by atoms with E-state index in [4.69, 9.17) is 4.74 Å². The summed E-state index contributed by atoms with van der Waals surface area (Å²) in [6.07, 6.45) is 0. The maximum absolute atomic E-state index is 12.8. The zero-order valence-corrected chi connectivity index (χ0v) is 18.1. The number of rotatable bonds is 7. The maximum atomic E-state index is 12.8. The van der Waals surface area contributed by atoms with Crippen LogP contribution in [0.1, 0.15) is 36.7 Å². The van der Waals surface area contributed by atoms with E-state index in [1.165, 1.54) is 5.69 Å². The van der Waals surface area contributed by atoms with Gasteiger partial charge in [-0.15, -0.1) is 0 Å². The van der Waals surface area contributed by atoms with Gasteiger partial charge in [0.25, 0.3) is 5.91 Å². The van der Waals surface area contributed by atoms with E-state index in [2.05, 4.69) is 54.8 Å². The molecule has 0 unspecified atom stereocenters. The van der Waals surface area contributed by atoms with Gasteiger partial charge in [-0.25, -0.2) is 0 Å². The van der Waals surface area contributed by atoms with Crippen molar-refractivity contribution in [2.75, 3.05) is 49.7 Å². The van der Waals surface area contributed by atoms with Gasteiger partial charge in [-0.2, -0.15) is 0 Å². The second-order valence-electron chi connectivity index (χ2n) is 7.85. The lowest BCUT2D eigenvalue weighted by Gasteiger charge is -2.29. The topological polar surface area (TPSA) is 36.0 Å². The van der Waals surface area contributed by atoms with Crippen molar-refractivity contribution in [2.45, 2.75) is 33.4 Å². The molecule has 3 rings (SSSR count). The second-order valence-corrected chi connectivity index (χ2v) is 7.85. The van der Waals surface area contributed by atoms with Gasteiger partial charge in [-0.05, 0) is 62.7 Å². The monoisotopic (exact) mass is 395 g/mol. The molecular weight excluding hydrogens is 362 g/mol. The van der Waals surface area contributed by atoms with Gasteiger partial charge in [0.1, 0.15) is 0 Å². The molecule has 0 saturated carbocycles. The molecule has 29 heavy (non-hydrogen) atoms. The maximum Gasteiger partial charge on any atom is 0.253 e. The highest BCUT2D eigenvalue weighted by Gasteiger charge is 2.15. The van der Waals surface area contributed by atoms with Crippen LogP contribution in [-0.4, -0.2) is 56.7 Å². The summed E-state index contributed by atoms with van der Waals surface area (Å²) in [6.45, 7) is 11.5. The zero-order valence-electron chi connectivity index (χ0n) is 18.1. The van der Waals surface area contributed by atoms with Crippen LogP contribution in [0.5, 0.6) is 0 Å². The quantitative estimate of drug-likeness (QED) is 0.709. The molecule has 0 aromatic heterocycles. The fourth-order valence-electron chi connectivity index (χ4n) is 3.84. The van der Waals surface area contributed by atoms with Crippen LogP contribution in [0.3, 0.4) is 0 Å². The van der Waals surface area contributed by atoms with Gasteiger partial charge < -0.3 is 19.4 Å². The van der Waals surface area contributed by atoms with Gasteiger partial charge in [-0.3, -0.25) is 4.79 Å². The van der Waals surface area contributed by atoms with Gasteiger partial charge in [0.15, 0.2) is 0 Å². The number of nitrogens with zero attached hydrogens (tertiary/aromatic N) is 3. The van der Waals surface area contributed by atoms with Crippen LogP contribution in [0.15, 0.2) is 48.5 Å². The van der Waals surface area contributed by atoms with E-state index in [0.29, 0.717) is 12.6 Å². The summed E-state index contributed by atoms with van der Waals surface area (Å²) in [6, 6.07) is 16.9. The first kappa shape index (κ1) is 21.2. The Morgan fingerprint density at radius 2 is 1.66 bits per heavy atom. The summed E-state index contributed by atoms with van der Waals surface area (Å²) in [5, 5.41) is 0. The van der Waals surface area contributed by atoms with Gasteiger partial charge in [0, 0.05) is 56.2 Å². The molecule has 2 aromatic carbocycles. The van der Waals surface area contributed by atoms with Crippen molar-refractivity contribution >= 4 is 17.3 Å². The molecule has 1 fully saturated rings. The van der Waals surface area contributed by atoms with Gasteiger partial charge in [-0.1, -0.05) is 12.1 Å². The molecule has 1 saturated heterocycles. The zero-order chi connectivity index (χ0) is 20.8. The van der Waals surface area contributed by atoms with Crippen molar-refractivity contribution < 1.29 is 9.53 Å². The number of carbonyl (C=O) groups is 1. The Hall–Kier alpha value is -2.53. The van der Waals surface area contributed by atoms with Crippen molar-refractivity contribution in [3.05, 3.63) is 59.7 Å². The summed E-state index contributed by atoms with van der Waals surface area (Å²) in [4.78, 5) is 19.3. The molecule has 5 heteroatoms. The summed E-state index contributed by atoms with van der Waals surface area (Å²) in [7, 11) is 1.86. The predicted molar refractivity (Wildman–Crippen MR) is 120 cm³/mol. The van der Waals surface area contributed by atoms with Crippen LogP contribution in [0, 0.1) is 0 Å². The summed E-state index contributed by atoms with van der Waals surface area (Å²) < 4.78 is 5.42. The number of carbonyl (C=O) groups excluding carboxylic acids is 1. The molecule has 1 amide bonds. The summed E-state index contributed by atoms with van der Waals surface area (Å²) in [5.41, 5.74) is 4.22. The van der Waals surface area contributed by atoms with E-state index in [1.807, 2.05) is 31.3 Å². The van der Waals surface area contributed by atoms with Crippen LogP contribution >= 0.6 is 0 Å². The minimum absolute atomic E-state index is 0.0430. The van der Waals surface area contributed by atoms with Crippen molar-refractivity contribution in [3.63, 3.8) is 0 Å². The van der Waals surface area contributed by atoms with Crippen molar-refractivity contribution in [3.8, 4) is 0 Å². The smallest absolute Gasteiger partial charge is 0.253 e. The first-order chi connectivity index (χ1) is 14.0. The minimum atomic E-state index is 0.0430. The highest BCUT2D eigenvalue weighted by molar-refractivity contribution is 5.94. The Labute approximate surface area is 174 Å². The van der Waals surface area contributed by atoms with Crippen molar-refractivity contribution in [1.82, 2.24) is 4.90 Å². The van der Waals surface area contributed by atoms with E-state index in [1.54, 1.807) is 4.90 Å². The fourth-order valence-corrected chi connectivity index (χ4v) is 3.84. The molecule has 156 valence electrons. The third-order valence-electron chi connectivity index (χ3n) is 5.49. The van der Waals surface area contributed by atoms with E-state index in [0.717, 1.165) is 49.7 Å². The minimum Gasteiger partial charge on any atom is -0.378 e. The molecule has 0 bridgehead atoms. The van der Waals surface area contributed by atoms with Crippen molar-refractivity contribution in [1.29, 1.82) is 0 Å². The van der Waals surface area contributed by atoms with E-state index in [-0.39, 0.29) is 5.91 Å². The lowest BCUT2D eigenvalue weighted by molar-refractivity contribution is 0.0785. The average molecular weight is 396 g/mol. The lowest BCUT2D eigenvalue weighted by atomic mass is 10.1. The highest BCUT2D eigenvalue weighted by atomic mass is 16.5. The SMILES string of the molecule is CCN(c1ccc(C(=O)N(C)Cc2ccc(N3CCOCC3)cc2)cc1)C(C)C. The highest BCUT2D eigenvalue weighted by Crippen LogP contribution is 2.20. The normalized spacial score (nSPS) is 14.2. The first-order valence-corrected chi connectivity index (χ1v) is 10.5. The molecule has 0 aliphatic carbocycles. The Bertz CT molecular complexity index is 781. The number of hydrogen-bond donors (Lipinski definition) is 0. The number of ether oxygens (including phenoxy) is 1. The molecule has 0 radical (unpaired) electrons. The summed E-state index contributed by atoms with van der Waals surface area (Å²) in [5.74, 6) is 0.0430. The van der Waals surface area contributed by atoms with Crippen LogP contribution in [-0.2, 0) is 11.3 Å². The molecule has 0 spiro atoms. The average Bonchev–Trinajstić information content (AvgIpc) is 2.75. The Kier molecular flexibility index (Phi) is 7.15. The molecule has 0 N–H and O–H groups in total. The summed E-state index contributed by atoms with van der Waals surface area (Å²) >= 11 is 0. The Morgan fingerprint density at radius 3 is 2.21 bits per heavy atom. The van der Waals surface area contributed by atoms with E-state index in [9.17, 15) is 4.79 Å².